The summed E-state index contributed by atoms with van der Waals surface area (Å²) in [4.78, 5) is 23.3. The van der Waals surface area contributed by atoms with Gasteiger partial charge in [-0.25, -0.2) is 4.98 Å². The van der Waals surface area contributed by atoms with E-state index in [1.165, 1.54) is 12.1 Å². The lowest BCUT2D eigenvalue weighted by Crippen LogP contribution is -2.08. The van der Waals surface area contributed by atoms with Gasteiger partial charge in [0.25, 0.3) is 5.69 Å². The van der Waals surface area contributed by atoms with Crippen LogP contribution < -0.4 is 11.1 Å². The zero-order valence-corrected chi connectivity index (χ0v) is 13.8. The molecule has 0 amide bonds. The molecule has 0 saturated heterocycles. The molecular formula is C16H19N7O2. The van der Waals surface area contributed by atoms with Crippen LogP contribution in [-0.2, 0) is 6.54 Å². The number of aromatic nitrogens is 4. The van der Waals surface area contributed by atoms with Crippen molar-refractivity contribution in [1.82, 2.24) is 19.5 Å². The molecule has 0 aliphatic heterocycles. The maximum absolute atomic E-state index is 10.7. The number of nitro benzene ring substituents is 1. The monoisotopic (exact) mass is 341 g/mol. The van der Waals surface area contributed by atoms with Crippen LogP contribution in [0.5, 0.6) is 0 Å². The van der Waals surface area contributed by atoms with E-state index in [4.69, 9.17) is 5.73 Å². The van der Waals surface area contributed by atoms with E-state index >= 15 is 0 Å². The molecule has 0 spiro atoms. The Hall–Kier alpha value is -3.23. The van der Waals surface area contributed by atoms with E-state index in [1.54, 1.807) is 18.5 Å². The van der Waals surface area contributed by atoms with E-state index in [0.717, 1.165) is 24.9 Å². The van der Waals surface area contributed by atoms with Gasteiger partial charge in [-0.05, 0) is 12.0 Å². The summed E-state index contributed by atoms with van der Waals surface area (Å²) in [6.07, 6.45) is 3.74. The molecule has 0 aliphatic carbocycles. The maximum Gasteiger partial charge on any atom is 0.269 e. The number of nitrogens with two attached hydrogens (primary N) is 1. The summed E-state index contributed by atoms with van der Waals surface area (Å²) in [6, 6.07) is 6.40. The molecular weight excluding hydrogens is 322 g/mol. The molecule has 0 atom stereocenters. The van der Waals surface area contributed by atoms with Crippen molar-refractivity contribution in [3.63, 3.8) is 0 Å². The van der Waals surface area contributed by atoms with Crippen LogP contribution in [0.4, 0.5) is 17.5 Å². The third-order valence-corrected chi connectivity index (χ3v) is 3.80. The fourth-order valence-corrected chi connectivity index (χ4v) is 2.46. The molecule has 1 aromatic carbocycles. The smallest absolute Gasteiger partial charge is 0.269 e. The van der Waals surface area contributed by atoms with Crippen molar-refractivity contribution in [3.8, 4) is 0 Å². The molecule has 130 valence electrons. The van der Waals surface area contributed by atoms with Crippen molar-refractivity contribution in [2.24, 2.45) is 0 Å². The zero-order chi connectivity index (χ0) is 17.8. The Kier molecular flexibility index (Phi) is 4.73. The van der Waals surface area contributed by atoms with Crippen molar-refractivity contribution in [3.05, 3.63) is 46.3 Å². The van der Waals surface area contributed by atoms with E-state index in [0.29, 0.717) is 29.5 Å². The first-order valence-electron chi connectivity index (χ1n) is 8.04. The van der Waals surface area contributed by atoms with Crippen LogP contribution in [-0.4, -0.2) is 31.0 Å². The summed E-state index contributed by atoms with van der Waals surface area (Å²) < 4.78 is 1.85. The minimum absolute atomic E-state index is 0.0632. The summed E-state index contributed by atoms with van der Waals surface area (Å²) in [5, 5.41) is 13.9. The fourth-order valence-electron chi connectivity index (χ4n) is 2.46. The molecule has 9 nitrogen and oxygen atoms in total. The summed E-state index contributed by atoms with van der Waals surface area (Å²) in [5.74, 6) is 0.801. The van der Waals surface area contributed by atoms with E-state index < -0.39 is 4.92 Å². The molecule has 0 bridgehead atoms. The van der Waals surface area contributed by atoms with Crippen molar-refractivity contribution in [2.45, 2.75) is 26.3 Å². The highest BCUT2D eigenvalue weighted by molar-refractivity contribution is 5.82. The molecule has 0 unspecified atom stereocenters. The molecule has 2 heterocycles. The zero-order valence-electron chi connectivity index (χ0n) is 13.8. The molecule has 0 saturated carbocycles. The molecule has 3 aromatic rings. The standard InChI is InChI=1S/C16H19N7O2/c1-2-3-8-18-16-20-14(17)13-15(21-16)22(10-19-13)9-11-4-6-12(7-5-11)23(24)25/h4-7,10H,2-3,8-9H2,1H3,(H3,17,18,20,21). The van der Waals surface area contributed by atoms with Crippen LogP contribution >= 0.6 is 0 Å². The molecule has 9 heteroatoms. The van der Waals surface area contributed by atoms with Crippen molar-refractivity contribution in [2.75, 3.05) is 17.6 Å². The largest absolute Gasteiger partial charge is 0.382 e. The number of benzene rings is 1. The number of unbranched alkanes of at least 4 members (excludes halogenated alkanes) is 1. The second-order valence-corrected chi connectivity index (χ2v) is 5.68. The molecule has 0 aliphatic rings. The summed E-state index contributed by atoms with van der Waals surface area (Å²) in [6.45, 7) is 3.37. The topological polar surface area (TPSA) is 125 Å². The highest BCUT2D eigenvalue weighted by Gasteiger charge is 2.12. The van der Waals surface area contributed by atoms with Crippen molar-refractivity contribution in [1.29, 1.82) is 0 Å². The third-order valence-electron chi connectivity index (χ3n) is 3.80. The van der Waals surface area contributed by atoms with E-state index in [9.17, 15) is 10.1 Å². The highest BCUT2D eigenvalue weighted by Crippen LogP contribution is 2.20. The average molecular weight is 341 g/mol. The van der Waals surface area contributed by atoms with Gasteiger partial charge in [-0.2, -0.15) is 9.97 Å². The molecule has 3 N–H and O–H groups in total. The van der Waals surface area contributed by atoms with Crippen LogP contribution in [0.15, 0.2) is 30.6 Å². The number of hydrogen-bond donors (Lipinski definition) is 2. The normalized spacial score (nSPS) is 10.9. The summed E-state index contributed by atoms with van der Waals surface area (Å²) >= 11 is 0. The van der Waals surface area contributed by atoms with Gasteiger partial charge in [-0.15, -0.1) is 0 Å². The highest BCUT2D eigenvalue weighted by atomic mass is 16.6. The molecule has 25 heavy (non-hydrogen) atoms. The van der Waals surface area contributed by atoms with Crippen molar-refractivity contribution >= 4 is 28.6 Å². The summed E-state index contributed by atoms with van der Waals surface area (Å²) in [5.41, 5.74) is 8.12. The first-order valence-corrected chi connectivity index (χ1v) is 8.04. The van der Waals surface area contributed by atoms with Crippen LogP contribution in [0.2, 0.25) is 0 Å². The lowest BCUT2D eigenvalue weighted by atomic mass is 10.2. The predicted molar refractivity (Wildman–Crippen MR) is 95.3 cm³/mol. The first-order chi connectivity index (χ1) is 12.1. The number of nitro groups is 1. The van der Waals surface area contributed by atoms with E-state index in [-0.39, 0.29) is 5.69 Å². The minimum atomic E-state index is -0.418. The first kappa shape index (κ1) is 16.6. The van der Waals surface area contributed by atoms with Gasteiger partial charge in [0, 0.05) is 18.7 Å². The number of nitrogens with one attached hydrogen (secondary N) is 1. The maximum atomic E-state index is 10.7. The van der Waals surface area contributed by atoms with Gasteiger partial charge in [-0.3, -0.25) is 10.1 Å². The van der Waals surface area contributed by atoms with Crippen LogP contribution in [0, 0.1) is 10.1 Å². The lowest BCUT2D eigenvalue weighted by molar-refractivity contribution is -0.384. The fraction of sp³-hybridized carbons (Fsp3) is 0.312. The molecule has 2 aromatic heterocycles. The van der Waals surface area contributed by atoms with Gasteiger partial charge in [-0.1, -0.05) is 25.5 Å². The van der Waals surface area contributed by atoms with E-state index in [2.05, 4.69) is 27.2 Å². The van der Waals surface area contributed by atoms with Gasteiger partial charge < -0.3 is 15.6 Å². The third kappa shape index (κ3) is 3.65. The average Bonchev–Trinajstić information content (AvgIpc) is 2.99. The number of anilines is 2. The number of fused-ring (bicyclic) bond motifs is 1. The Morgan fingerprint density at radius 3 is 2.72 bits per heavy atom. The number of non-ortho nitro benzene ring substituents is 1. The Balaban J connectivity index is 1.86. The lowest BCUT2D eigenvalue weighted by Gasteiger charge is -2.07. The van der Waals surface area contributed by atoms with Crippen LogP contribution in [0.1, 0.15) is 25.3 Å². The van der Waals surface area contributed by atoms with Gasteiger partial charge in [0.1, 0.15) is 5.52 Å². The number of hydrogen-bond acceptors (Lipinski definition) is 7. The quantitative estimate of drug-likeness (QED) is 0.384. The molecule has 0 fully saturated rings. The summed E-state index contributed by atoms with van der Waals surface area (Å²) in [7, 11) is 0. The number of imidazole rings is 1. The number of nitrogen functional groups attached to an aromatic ring is 1. The second kappa shape index (κ2) is 7.12. The Labute approximate surface area is 144 Å². The Morgan fingerprint density at radius 2 is 2.04 bits per heavy atom. The second-order valence-electron chi connectivity index (χ2n) is 5.68. The van der Waals surface area contributed by atoms with Gasteiger partial charge in [0.05, 0.1) is 17.8 Å². The predicted octanol–water partition coefficient (Wildman–Crippen LogP) is 2.58. The van der Waals surface area contributed by atoms with Crippen molar-refractivity contribution < 1.29 is 4.92 Å². The SMILES string of the molecule is CCCCNc1nc(N)c2ncn(Cc3ccc([N+](=O)[O-])cc3)c2n1. The Bertz CT molecular complexity index is 889. The van der Waals surface area contributed by atoms with Gasteiger partial charge in [0.2, 0.25) is 5.95 Å². The Morgan fingerprint density at radius 1 is 1.28 bits per heavy atom. The minimum Gasteiger partial charge on any atom is -0.382 e. The number of rotatable bonds is 7. The van der Waals surface area contributed by atoms with E-state index in [1.807, 2.05) is 4.57 Å². The molecule has 3 rings (SSSR count). The number of nitrogens with zero attached hydrogens (tertiary/aromatic N) is 5. The van der Waals surface area contributed by atoms with Crippen LogP contribution in [0.25, 0.3) is 11.2 Å². The van der Waals surface area contributed by atoms with Gasteiger partial charge in [0.15, 0.2) is 11.5 Å². The van der Waals surface area contributed by atoms with Gasteiger partial charge >= 0.3 is 0 Å². The van der Waals surface area contributed by atoms with Crippen LogP contribution in [0.3, 0.4) is 0 Å². The molecule has 0 radical (unpaired) electrons.